The van der Waals surface area contributed by atoms with Crippen molar-refractivity contribution in [2.75, 3.05) is 25.0 Å². The average Bonchev–Trinajstić information content (AvgIpc) is 2.37. The van der Waals surface area contributed by atoms with Gasteiger partial charge in [0.05, 0.1) is 0 Å². The summed E-state index contributed by atoms with van der Waals surface area (Å²) in [5.74, 6) is -3.66. The first-order valence-electron chi connectivity index (χ1n) is 6.56. The minimum absolute atomic E-state index is 0.0787. The number of pyridine rings is 1. The number of hydrogen-bond donors (Lipinski definition) is 1. The summed E-state index contributed by atoms with van der Waals surface area (Å²) in [5, 5.41) is 2.79. The van der Waals surface area contributed by atoms with Gasteiger partial charge in [0.15, 0.2) is 17.5 Å². The van der Waals surface area contributed by atoms with E-state index in [4.69, 9.17) is 0 Å². The fourth-order valence-corrected chi connectivity index (χ4v) is 2.35. The maximum atomic E-state index is 13.4. The molecule has 0 aromatic carbocycles. The van der Waals surface area contributed by atoms with Gasteiger partial charge in [0.1, 0.15) is 0 Å². The molecule has 2 heterocycles. The molecule has 1 atom stereocenters. The van der Waals surface area contributed by atoms with Crippen LogP contribution in [0.4, 0.5) is 19.0 Å². The molecule has 1 aliphatic heterocycles. The standard InChI is InChI=1S/C13H18F3N3/c1-9(8-19-5-3-2-4-6-19)17-13-11(15)7-10(14)12(16)18-13/h7,9H,2-6,8H2,1H3,(H,17,18). The van der Waals surface area contributed by atoms with E-state index < -0.39 is 17.6 Å². The Balaban J connectivity index is 1.94. The molecule has 1 unspecified atom stereocenters. The highest BCUT2D eigenvalue weighted by Crippen LogP contribution is 2.16. The number of rotatable bonds is 4. The summed E-state index contributed by atoms with van der Waals surface area (Å²) in [7, 11) is 0. The second-order valence-electron chi connectivity index (χ2n) is 5.00. The van der Waals surface area contributed by atoms with Gasteiger partial charge in [0.25, 0.3) is 5.95 Å². The SMILES string of the molecule is CC(CN1CCCCC1)Nc1nc(F)c(F)cc1F. The Kier molecular flexibility index (Phi) is 4.63. The molecule has 0 saturated carbocycles. The second kappa shape index (κ2) is 6.23. The zero-order valence-electron chi connectivity index (χ0n) is 10.9. The maximum absolute atomic E-state index is 13.4. The molecule has 2 rings (SSSR count). The molecule has 0 amide bonds. The highest BCUT2D eigenvalue weighted by molar-refractivity contribution is 5.37. The Morgan fingerprint density at radius 3 is 2.58 bits per heavy atom. The maximum Gasteiger partial charge on any atom is 0.251 e. The predicted octanol–water partition coefficient (Wildman–Crippen LogP) is 2.79. The van der Waals surface area contributed by atoms with E-state index in [2.05, 4.69) is 15.2 Å². The lowest BCUT2D eigenvalue weighted by molar-refractivity contribution is 0.223. The van der Waals surface area contributed by atoms with Crippen LogP contribution in [0, 0.1) is 17.6 Å². The quantitative estimate of drug-likeness (QED) is 0.855. The van der Waals surface area contributed by atoms with Crippen LogP contribution in [-0.2, 0) is 0 Å². The molecule has 0 spiro atoms. The summed E-state index contributed by atoms with van der Waals surface area (Å²) in [5.41, 5.74) is 0. The molecule has 1 aromatic rings. The topological polar surface area (TPSA) is 28.2 Å². The molecule has 0 radical (unpaired) electrons. The van der Waals surface area contributed by atoms with E-state index in [1.165, 1.54) is 19.3 Å². The van der Waals surface area contributed by atoms with Crippen LogP contribution in [-0.4, -0.2) is 35.6 Å². The van der Waals surface area contributed by atoms with Crippen molar-refractivity contribution in [1.29, 1.82) is 0 Å². The molecule has 1 fully saturated rings. The lowest BCUT2D eigenvalue weighted by atomic mass is 10.1. The van der Waals surface area contributed by atoms with Crippen LogP contribution in [0.2, 0.25) is 0 Å². The molecular weight excluding hydrogens is 255 g/mol. The van der Waals surface area contributed by atoms with Crippen molar-refractivity contribution in [3.05, 3.63) is 23.6 Å². The van der Waals surface area contributed by atoms with Crippen molar-refractivity contribution in [2.24, 2.45) is 0 Å². The Labute approximate surface area is 110 Å². The number of likely N-dealkylation sites (tertiary alicyclic amines) is 1. The predicted molar refractivity (Wildman–Crippen MR) is 67.5 cm³/mol. The molecule has 1 aliphatic rings. The molecule has 3 nitrogen and oxygen atoms in total. The van der Waals surface area contributed by atoms with Crippen LogP contribution in [0.5, 0.6) is 0 Å². The van der Waals surface area contributed by atoms with Crippen LogP contribution in [0.25, 0.3) is 0 Å². The van der Waals surface area contributed by atoms with E-state index in [0.717, 1.165) is 19.6 Å². The molecule has 0 aliphatic carbocycles. The third kappa shape index (κ3) is 3.83. The Hall–Kier alpha value is -1.30. The first-order valence-corrected chi connectivity index (χ1v) is 6.56. The molecule has 1 N–H and O–H groups in total. The zero-order valence-corrected chi connectivity index (χ0v) is 10.9. The highest BCUT2D eigenvalue weighted by Gasteiger charge is 2.16. The van der Waals surface area contributed by atoms with E-state index in [-0.39, 0.29) is 11.9 Å². The average molecular weight is 273 g/mol. The summed E-state index contributed by atoms with van der Waals surface area (Å²) >= 11 is 0. The van der Waals surface area contributed by atoms with E-state index >= 15 is 0 Å². The minimum atomic E-state index is -1.28. The molecule has 106 valence electrons. The largest absolute Gasteiger partial charge is 0.364 e. The van der Waals surface area contributed by atoms with Crippen LogP contribution in [0.1, 0.15) is 26.2 Å². The summed E-state index contributed by atoms with van der Waals surface area (Å²) in [4.78, 5) is 5.54. The molecule has 19 heavy (non-hydrogen) atoms. The van der Waals surface area contributed by atoms with Gasteiger partial charge in [-0.25, -0.2) is 8.78 Å². The molecule has 6 heteroatoms. The van der Waals surface area contributed by atoms with Crippen molar-refractivity contribution in [3.8, 4) is 0 Å². The normalized spacial score (nSPS) is 18.3. The molecular formula is C13H18F3N3. The van der Waals surface area contributed by atoms with Gasteiger partial charge in [-0.2, -0.15) is 9.37 Å². The summed E-state index contributed by atoms with van der Waals surface area (Å²) < 4.78 is 39.1. The van der Waals surface area contributed by atoms with Crippen molar-refractivity contribution in [3.63, 3.8) is 0 Å². The number of anilines is 1. The van der Waals surface area contributed by atoms with Crippen molar-refractivity contribution < 1.29 is 13.2 Å². The van der Waals surface area contributed by atoms with Gasteiger partial charge in [-0.3, -0.25) is 0 Å². The third-order valence-corrected chi connectivity index (χ3v) is 3.25. The third-order valence-electron chi connectivity index (χ3n) is 3.25. The Bertz CT molecular complexity index is 433. The lowest BCUT2D eigenvalue weighted by Gasteiger charge is -2.29. The number of halogens is 3. The Morgan fingerprint density at radius 2 is 1.89 bits per heavy atom. The van der Waals surface area contributed by atoms with E-state index in [0.29, 0.717) is 6.07 Å². The number of hydrogen-bond acceptors (Lipinski definition) is 3. The summed E-state index contributed by atoms with van der Waals surface area (Å²) in [6, 6.07) is 0.433. The number of nitrogens with zero attached hydrogens (tertiary/aromatic N) is 2. The fourth-order valence-electron chi connectivity index (χ4n) is 2.35. The van der Waals surface area contributed by atoms with Crippen LogP contribution < -0.4 is 5.32 Å². The highest BCUT2D eigenvalue weighted by atomic mass is 19.2. The lowest BCUT2D eigenvalue weighted by Crippen LogP contribution is -2.38. The zero-order chi connectivity index (χ0) is 13.8. The van der Waals surface area contributed by atoms with Gasteiger partial charge in [0.2, 0.25) is 0 Å². The number of piperidine rings is 1. The van der Waals surface area contributed by atoms with Gasteiger partial charge < -0.3 is 10.2 Å². The number of aromatic nitrogens is 1. The van der Waals surface area contributed by atoms with Gasteiger partial charge in [-0.15, -0.1) is 0 Å². The van der Waals surface area contributed by atoms with Crippen molar-refractivity contribution >= 4 is 5.82 Å². The Morgan fingerprint density at radius 1 is 1.21 bits per heavy atom. The van der Waals surface area contributed by atoms with Gasteiger partial charge in [-0.1, -0.05) is 6.42 Å². The van der Waals surface area contributed by atoms with Gasteiger partial charge in [0, 0.05) is 18.7 Å². The van der Waals surface area contributed by atoms with Crippen LogP contribution in [0.3, 0.4) is 0 Å². The minimum Gasteiger partial charge on any atom is -0.364 e. The number of nitrogens with one attached hydrogen (secondary N) is 1. The van der Waals surface area contributed by atoms with Gasteiger partial charge in [-0.05, 0) is 32.9 Å². The van der Waals surface area contributed by atoms with Crippen molar-refractivity contribution in [1.82, 2.24) is 9.88 Å². The summed E-state index contributed by atoms with van der Waals surface area (Å²) in [6.45, 7) is 4.66. The first-order chi connectivity index (χ1) is 9.06. The molecule has 1 saturated heterocycles. The fraction of sp³-hybridized carbons (Fsp3) is 0.615. The van der Waals surface area contributed by atoms with Gasteiger partial charge >= 0.3 is 0 Å². The summed E-state index contributed by atoms with van der Waals surface area (Å²) in [6.07, 6.45) is 3.59. The van der Waals surface area contributed by atoms with Crippen molar-refractivity contribution in [2.45, 2.75) is 32.2 Å². The van der Waals surface area contributed by atoms with E-state index in [9.17, 15) is 13.2 Å². The first kappa shape index (κ1) is 14.1. The van der Waals surface area contributed by atoms with E-state index in [1.807, 2.05) is 6.92 Å². The molecule has 1 aromatic heterocycles. The van der Waals surface area contributed by atoms with Crippen LogP contribution in [0.15, 0.2) is 6.07 Å². The van der Waals surface area contributed by atoms with E-state index in [1.54, 1.807) is 0 Å². The second-order valence-corrected chi connectivity index (χ2v) is 5.00. The monoisotopic (exact) mass is 273 g/mol. The smallest absolute Gasteiger partial charge is 0.251 e. The molecule has 0 bridgehead atoms. The van der Waals surface area contributed by atoms with Crippen LogP contribution >= 0.6 is 0 Å².